The third kappa shape index (κ3) is 4.53. The maximum atomic E-state index is 13.5. The minimum atomic E-state index is -1.24. The Morgan fingerprint density at radius 1 is 1.08 bits per heavy atom. The Balaban J connectivity index is 1.65. The summed E-state index contributed by atoms with van der Waals surface area (Å²) in [6.07, 6.45) is 1.78. The first-order valence-electron chi connectivity index (χ1n) is 10.8. The van der Waals surface area contributed by atoms with Crippen LogP contribution in [0, 0.1) is 0 Å². The summed E-state index contributed by atoms with van der Waals surface area (Å²) in [6.45, 7) is 0. The van der Waals surface area contributed by atoms with Gasteiger partial charge in [-0.05, 0) is 12.1 Å². The molecule has 0 aliphatic rings. The van der Waals surface area contributed by atoms with Crippen molar-refractivity contribution in [1.29, 1.82) is 0 Å². The summed E-state index contributed by atoms with van der Waals surface area (Å²) in [5.74, 6) is -0.674. The molecule has 2 aromatic carbocycles. The van der Waals surface area contributed by atoms with E-state index in [2.05, 4.69) is 9.97 Å². The lowest BCUT2D eigenvalue weighted by atomic mass is 10.0. The van der Waals surface area contributed by atoms with Crippen molar-refractivity contribution in [3.05, 3.63) is 113 Å². The van der Waals surface area contributed by atoms with Crippen molar-refractivity contribution < 1.29 is 18.5 Å². The van der Waals surface area contributed by atoms with E-state index in [1.807, 2.05) is 60.7 Å². The SMILES string of the molecule is COC(=O)c1nc(C(O)c2cn(SF)c3ncccc23)sc1N=C(c1ccccc1)c1ccccc1. The number of aliphatic hydroxyl groups excluding tert-OH is 1. The van der Waals surface area contributed by atoms with E-state index >= 15 is 0 Å². The third-order valence-electron chi connectivity index (χ3n) is 5.48. The third-order valence-corrected chi connectivity index (χ3v) is 6.91. The average molecular weight is 519 g/mol. The number of halogens is 1. The largest absolute Gasteiger partial charge is 0.464 e. The monoisotopic (exact) mass is 518 g/mol. The van der Waals surface area contributed by atoms with E-state index in [4.69, 9.17) is 9.73 Å². The van der Waals surface area contributed by atoms with E-state index in [1.165, 1.54) is 17.3 Å². The summed E-state index contributed by atoms with van der Waals surface area (Å²) in [7, 11) is 1.26. The Hall–Kier alpha value is -3.86. The van der Waals surface area contributed by atoms with Crippen LogP contribution in [0.15, 0.2) is 90.2 Å². The molecule has 3 aromatic heterocycles. The maximum Gasteiger partial charge on any atom is 0.359 e. The topological polar surface area (TPSA) is 89.6 Å². The van der Waals surface area contributed by atoms with Crippen molar-refractivity contribution in [2.24, 2.45) is 4.99 Å². The number of hydrogen-bond acceptors (Lipinski definition) is 8. The second-order valence-electron chi connectivity index (χ2n) is 7.65. The number of nitrogens with zero attached hydrogens (tertiary/aromatic N) is 4. The minimum absolute atomic E-state index is 0.0114. The van der Waals surface area contributed by atoms with Gasteiger partial charge in [-0.15, -0.1) is 3.89 Å². The van der Waals surface area contributed by atoms with Crippen LogP contribution in [-0.4, -0.2) is 37.8 Å². The Morgan fingerprint density at radius 3 is 2.36 bits per heavy atom. The number of rotatable bonds is 7. The van der Waals surface area contributed by atoms with Crippen LogP contribution in [0.5, 0.6) is 0 Å². The number of aromatic nitrogens is 3. The van der Waals surface area contributed by atoms with Gasteiger partial charge in [0.2, 0.25) is 0 Å². The summed E-state index contributed by atoms with van der Waals surface area (Å²) in [5.41, 5.74) is 3.12. The van der Waals surface area contributed by atoms with Crippen molar-refractivity contribution in [2.75, 3.05) is 7.11 Å². The molecular weight excluding hydrogens is 499 g/mol. The molecule has 7 nitrogen and oxygen atoms in total. The molecule has 0 radical (unpaired) electrons. The van der Waals surface area contributed by atoms with Crippen molar-refractivity contribution >= 4 is 51.4 Å². The molecular formula is C26H19FN4O3S2. The zero-order valence-electron chi connectivity index (χ0n) is 18.9. The first-order chi connectivity index (χ1) is 17.6. The second-order valence-corrected chi connectivity index (χ2v) is 9.19. The average Bonchev–Trinajstić information content (AvgIpc) is 3.54. The van der Waals surface area contributed by atoms with Crippen LogP contribution in [0.4, 0.5) is 8.89 Å². The molecule has 0 fully saturated rings. The molecule has 0 aliphatic carbocycles. The predicted octanol–water partition coefficient (Wildman–Crippen LogP) is 5.91. The molecule has 36 heavy (non-hydrogen) atoms. The highest BCUT2D eigenvalue weighted by atomic mass is 32.2. The number of pyridine rings is 1. The van der Waals surface area contributed by atoms with E-state index in [1.54, 1.807) is 18.3 Å². The molecule has 10 heteroatoms. The molecule has 0 bridgehead atoms. The number of methoxy groups -OCH3 is 1. The van der Waals surface area contributed by atoms with Gasteiger partial charge in [0.15, 0.2) is 28.7 Å². The van der Waals surface area contributed by atoms with Gasteiger partial charge in [-0.1, -0.05) is 72.0 Å². The highest BCUT2D eigenvalue weighted by molar-refractivity contribution is 7.92. The molecule has 0 spiro atoms. The number of fused-ring (bicyclic) bond motifs is 1. The van der Waals surface area contributed by atoms with Crippen molar-refractivity contribution in [2.45, 2.75) is 6.10 Å². The predicted molar refractivity (Wildman–Crippen MR) is 140 cm³/mol. The molecule has 5 aromatic rings. The number of aliphatic hydroxyl groups is 1. The number of carbonyl (C=O) groups excluding carboxylic acids is 1. The number of thiazole rings is 1. The summed E-state index contributed by atoms with van der Waals surface area (Å²) in [5, 5.41) is 12.3. The summed E-state index contributed by atoms with van der Waals surface area (Å²) in [4.78, 5) is 26.0. The van der Waals surface area contributed by atoms with E-state index in [0.29, 0.717) is 27.3 Å². The van der Waals surface area contributed by atoms with E-state index in [0.717, 1.165) is 22.5 Å². The second kappa shape index (κ2) is 10.4. The van der Waals surface area contributed by atoms with Crippen molar-refractivity contribution in [3.8, 4) is 0 Å². The Kier molecular flexibility index (Phi) is 6.90. The van der Waals surface area contributed by atoms with Gasteiger partial charge < -0.3 is 9.84 Å². The standard InChI is InChI=1S/C26H19FN4O3S2/c1-34-26(33)21-24(29-20(16-9-4-2-5-10-16)17-11-6-3-7-12-17)35-25(30-21)22(32)19-15-31(36-27)23-18(19)13-8-14-28-23/h2-15,22,32H,1H3. The van der Waals surface area contributed by atoms with Gasteiger partial charge in [0, 0.05) is 34.5 Å². The molecule has 0 saturated carbocycles. The van der Waals surface area contributed by atoms with Gasteiger partial charge in [0.1, 0.15) is 11.1 Å². The fourth-order valence-corrected chi connectivity index (χ4v) is 5.10. The Labute approximate surface area is 214 Å². The number of carbonyl (C=O) groups is 1. The summed E-state index contributed by atoms with van der Waals surface area (Å²) < 4.78 is 19.7. The van der Waals surface area contributed by atoms with Crippen LogP contribution >= 0.6 is 23.7 Å². The lowest BCUT2D eigenvalue weighted by Crippen LogP contribution is -2.06. The molecule has 0 amide bonds. The molecule has 1 unspecified atom stereocenters. The van der Waals surface area contributed by atoms with Crippen LogP contribution in [0.25, 0.3) is 11.0 Å². The highest BCUT2D eigenvalue weighted by Gasteiger charge is 2.26. The number of aliphatic imine (C=N–C) groups is 1. The van der Waals surface area contributed by atoms with Gasteiger partial charge in [-0.3, -0.25) is 0 Å². The zero-order valence-corrected chi connectivity index (χ0v) is 20.5. The van der Waals surface area contributed by atoms with Gasteiger partial charge in [-0.2, -0.15) is 0 Å². The maximum absolute atomic E-state index is 13.5. The van der Waals surface area contributed by atoms with E-state index in [9.17, 15) is 13.8 Å². The smallest absolute Gasteiger partial charge is 0.359 e. The molecule has 3 heterocycles. The fraction of sp³-hybridized carbons (Fsp3) is 0.0769. The normalized spacial score (nSPS) is 11.9. The first kappa shape index (κ1) is 23.9. The van der Waals surface area contributed by atoms with Gasteiger partial charge in [-0.25, -0.2) is 23.7 Å². The highest BCUT2D eigenvalue weighted by Crippen LogP contribution is 2.38. The number of benzene rings is 2. The molecule has 180 valence electrons. The Morgan fingerprint density at radius 2 is 1.75 bits per heavy atom. The molecule has 0 aliphatic heterocycles. The quantitative estimate of drug-likeness (QED) is 0.213. The van der Waals surface area contributed by atoms with Crippen molar-refractivity contribution in [1.82, 2.24) is 13.9 Å². The minimum Gasteiger partial charge on any atom is -0.464 e. The lowest BCUT2D eigenvalue weighted by Gasteiger charge is -2.07. The van der Waals surface area contributed by atoms with Gasteiger partial charge in [0.05, 0.1) is 12.8 Å². The van der Waals surface area contributed by atoms with Crippen LogP contribution in [0.3, 0.4) is 0 Å². The van der Waals surface area contributed by atoms with Crippen LogP contribution in [0.1, 0.15) is 38.3 Å². The van der Waals surface area contributed by atoms with Crippen LogP contribution in [-0.2, 0) is 4.74 Å². The van der Waals surface area contributed by atoms with Gasteiger partial charge >= 0.3 is 5.97 Å². The summed E-state index contributed by atoms with van der Waals surface area (Å²) >= 11 is 1.05. The van der Waals surface area contributed by atoms with Crippen LogP contribution < -0.4 is 0 Å². The molecule has 0 saturated heterocycles. The number of hydrogen-bond donors (Lipinski definition) is 1. The molecule has 5 rings (SSSR count). The van der Waals surface area contributed by atoms with Gasteiger partial charge in [0.25, 0.3) is 0 Å². The molecule has 1 atom stereocenters. The Bertz CT molecular complexity index is 1510. The summed E-state index contributed by atoms with van der Waals surface area (Å²) in [6, 6.07) is 22.6. The number of esters is 1. The van der Waals surface area contributed by atoms with E-state index in [-0.39, 0.29) is 23.0 Å². The number of ether oxygens (including phenoxy) is 1. The van der Waals surface area contributed by atoms with Crippen molar-refractivity contribution in [3.63, 3.8) is 0 Å². The van der Waals surface area contributed by atoms with Crippen LogP contribution in [0.2, 0.25) is 0 Å². The first-order valence-corrected chi connectivity index (χ1v) is 12.3. The fourth-order valence-electron chi connectivity index (χ4n) is 3.80. The lowest BCUT2D eigenvalue weighted by molar-refractivity contribution is 0.0595. The van der Waals surface area contributed by atoms with E-state index < -0.39 is 12.1 Å². The zero-order chi connectivity index (χ0) is 25.1. The molecule has 1 N–H and O–H groups in total.